The summed E-state index contributed by atoms with van der Waals surface area (Å²) in [6, 6.07) is 4.25. The third-order valence-electron chi connectivity index (χ3n) is 5.06. The molecule has 0 bridgehead atoms. The number of nitrogens with one attached hydrogen (secondary N) is 1. The molecule has 2 heterocycles. The molecule has 30 heavy (non-hydrogen) atoms. The Balaban J connectivity index is 1.62. The van der Waals surface area contributed by atoms with Gasteiger partial charge in [0, 0.05) is 32.6 Å². The molecule has 0 radical (unpaired) electrons. The van der Waals surface area contributed by atoms with Crippen molar-refractivity contribution < 1.29 is 32.3 Å². The minimum absolute atomic E-state index is 0.0134. The van der Waals surface area contributed by atoms with Crippen molar-refractivity contribution in [3.8, 4) is 5.75 Å². The highest BCUT2D eigenvalue weighted by atomic mass is 32.2. The first-order valence-corrected chi connectivity index (χ1v) is 11.3. The van der Waals surface area contributed by atoms with Gasteiger partial charge in [-0.15, -0.1) is 0 Å². The Hall–Kier alpha value is -2.82. The second kappa shape index (κ2) is 8.90. The van der Waals surface area contributed by atoms with Crippen molar-refractivity contribution in [1.29, 1.82) is 0 Å². The number of amides is 3. The van der Waals surface area contributed by atoms with Gasteiger partial charge < -0.3 is 24.6 Å². The van der Waals surface area contributed by atoms with E-state index in [9.17, 15) is 22.8 Å². The number of nitrogens with zero attached hydrogens (tertiary/aromatic N) is 2. The molecule has 0 unspecified atom stereocenters. The smallest absolute Gasteiger partial charge is 0.409 e. The van der Waals surface area contributed by atoms with Crippen LogP contribution in [-0.4, -0.2) is 80.8 Å². The van der Waals surface area contributed by atoms with Crippen LogP contribution in [0.25, 0.3) is 0 Å². The van der Waals surface area contributed by atoms with Gasteiger partial charge in [-0.05, 0) is 32.0 Å². The summed E-state index contributed by atoms with van der Waals surface area (Å²) in [6.07, 6.45) is -0.592. The van der Waals surface area contributed by atoms with E-state index in [1.807, 2.05) is 0 Å². The number of hydrogen-bond acceptors (Lipinski definition) is 7. The van der Waals surface area contributed by atoms with E-state index >= 15 is 0 Å². The number of hydrogen-bond donors (Lipinski definition) is 1. The van der Waals surface area contributed by atoms with Gasteiger partial charge in [-0.3, -0.25) is 9.59 Å². The highest BCUT2D eigenvalue weighted by molar-refractivity contribution is 7.92. The van der Waals surface area contributed by atoms with Gasteiger partial charge in [0.15, 0.2) is 16.4 Å². The predicted molar refractivity (Wildman–Crippen MR) is 107 cm³/mol. The van der Waals surface area contributed by atoms with Crippen molar-refractivity contribution in [2.45, 2.75) is 30.4 Å². The first kappa shape index (κ1) is 21.9. The fraction of sp³-hybridized carbons (Fsp3) is 0.526. The average Bonchev–Trinajstić information content (AvgIpc) is 2.73. The van der Waals surface area contributed by atoms with Crippen molar-refractivity contribution in [3.63, 3.8) is 0 Å². The largest absolute Gasteiger partial charge is 0.482 e. The maximum absolute atomic E-state index is 12.9. The molecular formula is C19H25N3O7S. The molecule has 3 amide bonds. The number of carbonyl (C=O) groups excluding carboxylic acids is 3. The number of benzene rings is 1. The number of ether oxygens (including phenoxy) is 2. The van der Waals surface area contributed by atoms with Crippen LogP contribution in [-0.2, 0) is 24.2 Å². The molecule has 0 spiro atoms. The van der Waals surface area contributed by atoms with E-state index in [-0.39, 0.29) is 36.3 Å². The molecule has 1 aromatic carbocycles. The van der Waals surface area contributed by atoms with E-state index in [0.717, 1.165) is 0 Å². The summed E-state index contributed by atoms with van der Waals surface area (Å²) in [4.78, 5) is 38.9. The maximum atomic E-state index is 12.9. The molecule has 2 aliphatic rings. The Morgan fingerprint density at radius 3 is 2.53 bits per heavy atom. The van der Waals surface area contributed by atoms with Gasteiger partial charge >= 0.3 is 6.09 Å². The minimum Gasteiger partial charge on any atom is -0.482 e. The summed E-state index contributed by atoms with van der Waals surface area (Å²) in [5.74, 6) is -0.247. The number of rotatable bonds is 5. The zero-order chi connectivity index (χ0) is 21.9. The van der Waals surface area contributed by atoms with Gasteiger partial charge in [-0.25, -0.2) is 13.2 Å². The normalized spacial score (nSPS) is 17.5. The first-order valence-electron chi connectivity index (χ1n) is 9.72. The number of sulfone groups is 1. The van der Waals surface area contributed by atoms with E-state index in [2.05, 4.69) is 5.32 Å². The van der Waals surface area contributed by atoms with Crippen molar-refractivity contribution >= 4 is 33.4 Å². The van der Waals surface area contributed by atoms with Crippen molar-refractivity contribution in [2.24, 2.45) is 0 Å². The van der Waals surface area contributed by atoms with Crippen LogP contribution < -0.4 is 10.1 Å². The molecule has 1 aromatic rings. The fourth-order valence-electron chi connectivity index (χ4n) is 3.31. The quantitative estimate of drug-likeness (QED) is 0.722. The lowest BCUT2D eigenvalue weighted by Gasteiger charge is -2.34. The van der Waals surface area contributed by atoms with Gasteiger partial charge in [0.1, 0.15) is 5.75 Å². The van der Waals surface area contributed by atoms with Gasteiger partial charge in [0.25, 0.3) is 5.91 Å². The number of fused-ring (bicyclic) bond motifs is 1. The second-order valence-electron chi connectivity index (χ2n) is 7.12. The summed E-state index contributed by atoms with van der Waals surface area (Å²) >= 11 is 0. The summed E-state index contributed by atoms with van der Waals surface area (Å²) in [6.45, 7) is 4.71. The third-order valence-corrected chi connectivity index (χ3v) is 7.20. The zero-order valence-corrected chi connectivity index (χ0v) is 17.7. The molecule has 0 saturated carbocycles. The molecule has 1 atom stereocenters. The molecule has 3 rings (SSSR count). The van der Waals surface area contributed by atoms with Crippen molar-refractivity contribution in [3.05, 3.63) is 18.2 Å². The van der Waals surface area contributed by atoms with Crippen LogP contribution in [0.4, 0.5) is 10.5 Å². The van der Waals surface area contributed by atoms with Crippen LogP contribution in [0.1, 0.15) is 20.3 Å². The van der Waals surface area contributed by atoms with Crippen LogP contribution in [0.5, 0.6) is 5.75 Å². The maximum Gasteiger partial charge on any atom is 0.409 e. The van der Waals surface area contributed by atoms with Gasteiger partial charge in [0.2, 0.25) is 5.91 Å². The van der Waals surface area contributed by atoms with E-state index in [1.54, 1.807) is 11.8 Å². The van der Waals surface area contributed by atoms with Crippen molar-refractivity contribution in [2.75, 3.05) is 44.7 Å². The lowest BCUT2D eigenvalue weighted by atomic mass is 10.2. The molecule has 2 aliphatic heterocycles. The van der Waals surface area contributed by atoms with Gasteiger partial charge in [-0.2, -0.15) is 0 Å². The molecule has 1 N–H and O–H groups in total. The molecule has 0 aliphatic carbocycles. The second-order valence-corrected chi connectivity index (χ2v) is 9.49. The summed E-state index contributed by atoms with van der Waals surface area (Å²) in [5, 5.41) is 1.63. The molecule has 1 saturated heterocycles. The van der Waals surface area contributed by atoms with E-state index in [0.29, 0.717) is 37.6 Å². The number of anilines is 1. The highest BCUT2D eigenvalue weighted by Gasteiger charge is 2.31. The number of carbonyl (C=O) groups is 3. The standard InChI is InChI=1S/C19H25N3O7S/c1-3-28-19(25)22-8-6-21(7-9-22)18(24)10-13(2)30(26,27)14-4-5-16-15(11-14)20-17(23)12-29-16/h4-5,11,13H,3,6-10,12H2,1-2H3,(H,20,23)/t13-/m1/s1. The summed E-state index contributed by atoms with van der Waals surface area (Å²) in [5.41, 5.74) is 0.293. The summed E-state index contributed by atoms with van der Waals surface area (Å²) < 4.78 is 36.1. The Morgan fingerprint density at radius 2 is 1.87 bits per heavy atom. The van der Waals surface area contributed by atoms with Crippen molar-refractivity contribution in [1.82, 2.24) is 9.80 Å². The SMILES string of the molecule is CCOC(=O)N1CCN(C(=O)C[C@@H](C)S(=O)(=O)c2ccc3c(c2)NC(=O)CO3)CC1. The van der Waals surface area contributed by atoms with E-state index in [4.69, 9.17) is 9.47 Å². The lowest BCUT2D eigenvalue weighted by molar-refractivity contribution is -0.132. The van der Waals surface area contributed by atoms with Crippen LogP contribution in [0, 0.1) is 0 Å². The van der Waals surface area contributed by atoms with E-state index < -0.39 is 21.2 Å². The predicted octanol–water partition coefficient (Wildman–Crippen LogP) is 0.871. The topological polar surface area (TPSA) is 122 Å². The Bertz CT molecular complexity index is 939. The minimum atomic E-state index is -3.79. The van der Waals surface area contributed by atoms with Crippen LogP contribution in [0.2, 0.25) is 0 Å². The Morgan fingerprint density at radius 1 is 1.20 bits per heavy atom. The highest BCUT2D eigenvalue weighted by Crippen LogP contribution is 2.31. The van der Waals surface area contributed by atoms with Gasteiger partial charge in [-0.1, -0.05) is 0 Å². The molecule has 1 fully saturated rings. The summed E-state index contributed by atoms with van der Waals surface area (Å²) in [7, 11) is -3.79. The fourth-order valence-corrected chi connectivity index (χ4v) is 4.68. The first-order chi connectivity index (χ1) is 14.2. The number of piperazine rings is 1. The van der Waals surface area contributed by atoms with E-state index in [1.165, 1.54) is 30.0 Å². The molecule has 164 valence electrons. The van der Waals surface area contributed by atoms with Crippen LogP contribution in [0.15, 0.2) is 23.1 Å². The molecule has 10 nitrogen and oxygen atoms in total. The average molecular weight is 439 g/mol. The Labute approximate surface area is 175 Å². The zero-order valence-electron chi connectivity index (χ0n) is 16.9. The molecular weight excluding hydrogens is 414 g/mol. The van der Waals surface area contributed by atoms with Crippen LogP contribution >= 0.6 is 0 Å². The monoisotopic (exact) mass is 439 g/mol. The van der Waals surface area contributed by atoms with Crippen LogP contribution in [0.3, 0.4) is 0 Å². The Kier molecular flexibility index (Phi) is 6.49. The molecule has 0 aromatic heterocycles. The molecule has 11 heteroatoms. The van der Waals surface area contributed by atoms with Gasteiger partial charge in [0.05, 0.1) is 22.4 Å². The lowest BCUT2D eigenvalue weighted by Crippen LogP contribution is -2.51. The third kappa shape index (κ3) is 4.66.